The number of rotatable bonds is 6. The monoisotopic (exact) mass is 505 g/mol. The number of carbonyl (C=O) groups excluding carboxylic acids is 1. The summed E-state index contributed by atoms with van der Waals surface area (Å²) in [5.74, 6) is 1.70. The number of halogens is 1. The maximum absolute atomic E-state index is 13.2. The molecule has 3 atom stereocenters. The fourth-order valence-electron chi connectivity index (χ4n) is 4.02. The first-order valence-corrected chi connectivity index (χ1v) is 11.5. The van der Waals surface area contributed by atoms with E-state index in [4.69, 9.17) is 14.2 Å². The molecule has 4 rings (SSSR count). The standard InChI is InChI=1S/C23H28BrN3O5/c1-14-9-27(15(2)12-28)23(29)18-7-17(24)8-25-22(18)32-21(14)11-26(3)10-16-4-5-19-20(6-16)31-13-30-19/h4-8,14-15,21,28H,9-13H2,1-3H3/t14-,15+,21-/m0/s1. The van der Waals surface area contributed by atoms with E-state index in [1.54, 1.807) is 17.2 Å². The highest BCUT2D eigenvalue weighted by atomic mass is 79.9. The Morgan fingerprint density at radius 2 is 2.09 bits per heavy atom. The van der Waals surface area contributed by atoms with Crippen LogP contribution in [0, 0.1) is 5.92 Å². The Balaban J connectivity index is 1.54. The minimum atomic E-state index is -0.304. The second-order valence-electron chi connectivity index (χ2n) is 8.51. The van der Waals surface area contributed by atoms with Gasteiger partial charge < -0.3 is 24.2 Å². The van der Waals surface area contributed by atoms with Crippen molar-refractivity contribution in [2.75, 3.05) is 33.5 Å². The zero-order valence-corrected chi connectivity index (χ0v) is 20.0. The van der Waals surface area contributed by atoms with E-state index in [0.29, 0.717) is 35.6 Å². The van der Waals surface area contributed by atoms with E-state index in [-0.39, 0.29) is 37.4 Å². The zero-order valence-electron chi connectivity index (χ0n) is 18.5. The molecule has 0 saturated heterocycles. The third kappa shape index (κ3) is 4.84. The van der Waals surface area contributed by atoms with Gasteiger partial charge in [0, 0.05) is 36.2 Å². The molecule has 9 heteroatoms. The minimum Gasteiger partial charge on any atom is -0.472 e. The number of aliphatic hydroxyl groups is 1. The van der Waals surface area contributed by atoms with Gasteiger partial charge in [0.1, 0.15) is 11.7 Å². The number of aromatic nitrogens is 1. The summed E-state index contributed by atoms with van der Waals surface area (Å²) in [5.41, 5.74) is 1.51. The molecule has 1 aromatic heterocycles. The molecule has 32 heavy (non-hydrogen) atoms. The highest BCUT2D eigenvalue weighted by molar-refractivity contribution is 9.10. The Kier molecular flexibility index (Phi) is 6.88. The maximum atomic E-state index is 13.2. The average molecular weight is 506 g/mol. The summed E-state index contributed by atoms with van der Waals surface area (Å²) in [7, 11) is 2.04. The summed E-state index contributed by atoms with van der Waals surface area (Å²) in [6.45, 7) is 5.89. The van der Waals surface area contributed by atoms with Crippen molar-refractivity contribution in [3.05, 3.63) is 46.1 Å². The van der Waals surface area contributed by atoms with Gasteiger partial charge in [-0.15, -0.1) is 0 Å². The Morgan fingerprint density at radius 1 is 1.31 bits per heavy atom. The maximum Gasteiger partial charge on any atom is 0.259 e. The Hall–Kier alpha value is -2.36. The van der Waals surface area contributed by atoms with Crippen LogP contribution in [-0.2, 0) is 6.54 Å². The lowest BCUT2D eigenvalue weighted by atomic mass is 10.00. The molecule has 0 fully saturated rings. The van der Waals surface area contributed by atoms with Crippen molar-refractivity contribution in [3.8, 4) is 17.4 Å². The number of carbonyl (C=O) groups is 1. The van der Waals surface area contributed by atoms with E-state index in [2.05, 4.69) is 32.7 Å². The van der Waals surface area contributed by atoms with Crippen LogP contribution >= 0.6 is 15.9 Å². The summed E-state index contributed by atoms with van der Waals surface area (Å²) in [5, 5.41) is 9.72. The zero-order chi connectivity index (χ0) is 22.8. The van der Waals surface area contributed by atoms with E-state index < -0.39 is 0 Å². The lowest BCUT2D eigenvalue weighted by Crippen LogP contribution is -2.49. The van der Waals surface area contributed by atoms with Crippen LogP contribution in [0.3, 0.4) is 0 Å². The first-order chi connectivity index (χ1) is 15.4. The van der Waals surface area contributed by atoms with Crippen LogP contribution in [0.25, 0.3) is 0 Å². The van der Waals surface area contributed by atoms with Crippen LogP contribution in [0.15, 0.2) is 34.9 Å². The van der Waals surface area contributed by atoms with Crippen molar-refractivity contribution < 1.29 is 24.1 Å². The van der Waals surface area contributed by atoms with Crippen LogP contribution in [0.4, 0.5) is 0 Å². The number of nitrogens with zero attached hydrogens (tertiary/aromatic N) is 3. The second-order valence-corrected chi connectivity index (χ2v) is 9.43. The number of likely N-dealkylation sites (N-methyl/N-ethyl adjacent to an activating group) is 1. The number of fused-ring (bicyclic) bond motifs is 2. The fourth-order valence-corrected chi connectivity index (χ4v) is 4.35. The molecule has 3 heterocycles. The molecule has 1 aromatic carbocycles. The van der Waals surface area contributed by atoms with Gasteiger partial charge in [-0.1, -0.05) is 13.0 Å². The van der Waals surface area contributed by atoms with Gasteiger partial charge in [-0.3, -0.25) is 9.69 Å². The van der Waals surface area contributed by atoms with Crippen LogP contribution in [0.2, 0.25) is 0 Å². The molecule has 172 valence electrons. The van der Waals surface area contributed by atoms with Crippen molar-refractivity contribution >= 4 is 21.8 Å². The molecule has 0 aliphatic carbocycles. The highest BCUT2D eigenvalue weighted by Gasteiger charge is 2.34. The molecule has 1 amide bonds. The molecule has 0 radical (unpaired) electrons. The molecule has 2 aliphatic heterocycles. The molecule has 2 aliphatic rings. The first kappa shape index (κ1) is 22.8. The molecule has 2 aromatic rings. The predicted octanol–water partition coefficient (Wildman–Crippen LogP) is 2.92. The number of hydrogen-bond donors (Lipinski definition) is 1. The molecule has 0 spiro atoms. The predicted molar refractivity (Wildman–Crippen MR) is 122 cm³/mol. The van der Waals surface area contributed by atoms with Crippen molar-refractivity contribution in [2.45, 2.75) is 32.5 Å². The van der Waals surface area contributed by atoms with E-state index in [0.717, 1.165) is 17.1 Å². The van der Waals surface area contributed by atoms with Crippen LogP contribution in [-0.4, -0.2) is 71.5 Å². The van der Waals surface area contributed by atoms with Gasteiger partial charge in [0.25, 0.3) is 5.91 Å². The lowest BCUT2D eigenvalue weighted by molar-refractivity contribution is 0.0325. The second kappa shape index (κ2) is 9.64. The van der Waals surface area contributed by atoms with Gasteiger partial charge in [-0.05, 0) is 53.7 Å². The fraction of sp³-hybridized carbons (Fsp3) is 0.478. The highest BCUT2D eigenvalue weighted by Crippen LogP contribution is 2.33. The lowest BCUT2D eigenvalue weighted by Gasteiger charge is -2.37. The van der Waals surface area contributed by atoms with Crippen LogP contribution in [0.5, 0.6) is 17.4 Å². The van der Waals surface area contributed by atoms with Crippen molar-refractivity contribution in [2.24, 2.45) is 5.92 Å². The third-order valence-electron chi connectivity index (χ3n) is 5.87. The molecular weight excluding hydrogens is 478 g/mol. The van der Waals surface area contributed by atoms with E-state index in [1.807, 2.05) is 32.2 Å². The molecule has 0 bridgehead atoms. The van der Waals surface area contributed by atoms with E-state index in [1.165, 1.54) is 0 Å². The third-order valence-corrected chi connectivity index (χ3v) is 6.30. The number of pyridine rings is 1. The quantitative estimate of drug-likeness (QED) is 0.645. The van der Waals surface area contributed by atoms with Gasteiger partial charge in [0.05, 0.1) is 12.6 Å². The van der Waals surface area contributed by atoms with Gasteiger partial charge in [-0.25, -0.2) is 4.98 Å². The normalized spacial score (nSPS) is 21.1. The summed E-state index contributed by atoms with van der Waals surface area (Å²) >= 11 is 3.40. The number of hydrogen-bond acceptors (Lipinski definition) is 7. The topological polar surface area (TPSA) is 84.4 Å². The number of benzene rings is 1. The van der Waals surface area contributed by atoms with Crippen LogP contribution < -0.4 is 14.2 Å². The molecule has 0 unspecified atom stereocenters. The van der Waals surface area contributed by atoms with Crippen molar-refractivity contribution in [1.82, 2.24) is 14.8 Å². The van der Waals surface area contributed by atoms with Crippen molar-refractivity contribution in [3.63, 3.8) is 0 Å². The molecular formula is C23H28BrN3O5. The Morgan fingerprint density at radius 3 is 2.88 bits per heavy atom. The number of ether oxygens (including phenoxy) is 3. The Bertz CT molecular complexity index is 988. The SMILES string of the molecule is C[C@H](CO)N1C[C@H](C)[C@H](CN(C)Cc2ccc3c(c2)OCO3)Oc2ncc(Br)cc2C1=O. The average Bonchev–Trinajstić information content (AvgIpc) is 3.24. The molecule has 8 nitrogen and oxygen atoms in total. The summed E-state index contributed by atoms with van der Waals surface area (Å²) in [6, 6.07) is 7.38. The van der Waals surface area contributed by atoms with E-state index in [9.17, 15) is 9.90 Å². The summed E-state index contributed by atoms with van der Waals surface area (Å²) in [4.78, 5) is 21.5. The smallest absolute Gasteiger partial charge is 0.259 e. The van der Waals surface area contributed by atoms with Gasteiger partial charge in [0.2, 0.25) is 12.7 Å². The summed E-state index contributed by atoms with van der Waals surface area (Å²) < 4.78 is 17.9. The molecule has 0 saturated carbocycles. The number of amides is 1. The van der Waals surface area contributed by atoms with Gasteiger partial charge in [-0.2, -0.15) is 0 Å². The largest absolute Gasteiger partial charge is 0.472 e. The number of aliphatic hydroxyl groups excluding tert-OH is 1. The Labute approximate surface area is 196 Å². The van der Waals surface area contributed by atoms with Gasteiger partial charge >= 0.3 is 0 Å². The summed E-state index contributed by atoms with van der Waals surface area (Å²) in [6.07, 6.45) is 1.44. The minimum absolute atomic E-state index is 0.0331. The first-order valence-electron chi connectivity index (χ1n) is 10.7. The van der Waals surface area contributed by atoms with Crippen molar-refractivity contribution in [1.29, 1.82) is 0 Å². The van der Waals surface area contributed by atoms with Gasteiger partial charge in [0.15, 0.2) is 11.5 Å². The van der Waals surface area contributed by atoms with E-state index >= 15 is 0 Å². The van der Waals surface area contributed by atoms with Crippen LogP contribution in [0.1, 0.15) is 29.8 Å². The molecule has 1 N–H and O–H groups in total.